The minimum absolute atomic E-state index is 0.0641. The molecule has 0 aliphatic rings. The Morgan fingerprint density at radius 1 is 1.64 bits per heavy atom. The maximum absolute atomic E-state index is 13.4. The minimum Gasteiger partial charge on any atom is -0.309 e. The van der Waals surface area contributed by atoms with E-state index in [-0.39, 0.29) is 5.56 Å². The monoisotopic (exact) mass is 194 g/mol. The van der Waals surface area contributed by atoms with E-state index in [9.17, 15) is 14.5 Å². The Bertz CT molecular complexity index is 412. The van der Waals surface area contributed by atoms with Gasteiger partial charge in [0.1, 0.15) is 0 Å². The van der Waals surface area contributed by atoms with Gasteiger partial charge >= 0.3 is 5.69 Å². The molecule has 5 heteroatoms. The summed E-state index contributed by atoms with van der Waals surface area (Å²) < 4.78 is 13.4. The maximum atomic E-state index is 13.4. The lowest BCUT2D eigenvalue weighted by molar-refractivity contribution is -0.387. The molecule has 0 bridgehead atoms. The highest BCUT2D eigenvalue weighted by atomic mass is 19.1. The smallest absolute Gasteiger partial charge is 0.305 e. The van der Waals surface area contributed by atoms with Gasteiger partial charge in [-0.25, -0.2) is 6.57 Å². The maximum Gasteiger partial charge on any atom is 0.305 e. The molecule has 0 heterocycles. The van der Waals surface area contributed by atoms with Gasteiger partial charge < -0.3 is 4.85 Å². The van der Waals surface area contributed by atoms with Crippen molar-refractivity contribution < 1.29 is 9.31 Å². The standard InChI is InChI=1S/C9H7FN2O2/c1-6(11-2)7-4-3-5-8(9(7)10)12(13)14/h3-6H,1H3. The van der Waals surface area contributed by atoms with Gasteiger partial charge in [0.2, 0.25) is 11.9 Å². The molecule has 1 unspecified atom stereocenters. The van der Waals surface area contributed by atoms with Crippen LogP contribution < -0.4 is 0 Å². The first-order valence-electron chi connectivity index (χ1n) is 3.87. The van der Waals surface area contributed by atoms with Crippen LogP contribution in [-0.4, -0.2) is 4.92 Å². The Morgan fingerprint density at radius 3 is 2.79 bits per heavy atom. The lowest BCUT2D eigenvalue weighted by atomic mass is 10.1. The number of rotatable bonds is 2. The number of hydrogen-bond donors (Lipinski definition) is 0. The molecule has 0 aromatic heterocycles. The number of benzene rings is 1. The summed E-state index contributed by atoms with van der Waals surface area (Å²) >= 11 is 0. The van der Waals surface area contributed by atoms with E-state index in [1.54, 1.807) is 0 Å². The average Bonchev–Trinajstić information content (AvgIpc) is 2.16. The molecule has 0 radical (unpaired) electrons. The van der Waals surface area contributed by atoms with Crippen molar-refractivity contribution in [1.29, 1.82) is 0 Å². The van der Waals surface area contributed by atoms with Crippen molar-refractivity contribution in [2.24, 2.45) is 0 Å². The van der Waals surface area contributed by atoms with E-state index >= 15 is 0 Å². The molecule has 14 heavy (non-hydrogen) atoms. The molecule has 0 spiro atoms. The van der Waals surface area contributed by atoms with Crippen molar-refractivity contribution in [3.63, 3.8) is 0 Å². The van der Waals surface area contributed by atoms with Crippen molar-refractivity contribution >= 4 is 5.69 Å². The molecular weight excluding hydrogens is 187 g/mol. The van der Waals surface area contributed by atoms with Crippen LogP contribution in [0.15, 0.2) is 18.2 Å². The number of halogens is 1. The molecule has 72 valence electrons. The van der Waals surface area contributed by atoms with Gasteiger partial charge in [0, 0.05) is 13.0 Å². The Labute approximate surface area is 79.9 Å². The van der Waals surface area contributed by atoms with E-state index in [1.165, 1.54) is 19.1 Å². The predicted octanol–water partition coefficient (Wildman–Crippen LogP) is 2.71. The van der Waals surface area contributed by atoms with Crippen LogP contribution in [0.5, 0.6) is 0 Å². The molecular formula is C9H7FN2O2. The molecule has 0 saturated heterocycles. The van der Waals surface area contributed by atoms with Crippen LogP contribution in [0.1, 0.15) is 18.5 Å². The lowest BCUT2D eigenvalue weighted by Gasteiger charge is -2.01. The summed E-state index contributed by atoms with van der Waals surface area (Å²) in [5.41, 5.74) is -0.521. The Hall–Kier alpha value is -1.96. The molecule has 1 rings (SSSR count). The first-order chi connectivity index (χ1) is 6.57. The second kappa shape index (κ2) is 3.83. The van der Waals surface area contributed by atoms with Gasteiger partial charge in [-0.3, -0.25) is 10.1 Å². The fourth-order valence-corrected chi connectivity index (χ4v) is 1.07. The van der Waals surface area contributed by atoms with Gasteiger partial charge in [-0.15, -0.1) is 0 Å². The second-order valence-corrected chi connectivity index (χ2v) is 2.74. The van der Waals surface area contributed by atoms with Crippen LogP contribution in [0.25, 0.3) is 4.85 Å². The molecule has 1 atom stereocenters. The van der Waals surface area contributed by atoms with Crippen molar-refractivity contribution in [1.82, 2.24) is 0 Å². The van der Waals surface area contributed by atoms with Crippen molar-refractivity contribution in [3.8, 4) is 0 Å². The Morgan fingerprint density at radius 2 is 2.29 bits per heavy atom. The summed E-state index contributed by atoms with van der Waals surface area (Å²) in [6, 6.07) is 3.13. The normalized spacial score (nSPS) is 11.8. The molecule has 0 aliphatic carbocycles. The van der Waals surface area contributed by atoms with E-state index in [2.05, 4.69) is 4.85 Å². The van der Waals surface area contributed by atoms with Crippen LogP contribution in [0.2, 0.25) is 0 Å². The number of nitro groups is 1. The highest BCUT2D eigenvalue weighted by Crippen LogP contribution is 2.26. The zero-order chi connectivity index (χ0) is 10.7. The largest absolute Gasteiger partial charge is 0.309 e. The van der Waals surface area contributed by atoms with Crippen LogP contribution in [0, 0.1) is 22.5 Å². The van der Waals surface area contributed by atoms with Gasteiger partial charge in [-0.05, 0) is 6.07 Å². The van der Waals surface area contributed by atoms with Gasteiger partial charge in [0.15, 0.2) is 0 Å². The molecule has 0 saturated carbocycles. The number of hydrogen-bond acceptors (Lipinski definition) is 2. The molecule has 0 aliphatic heterocycles. The third-order valence-electron chi connectivity index (χ3n) is 1.85. The van der Waals surface area contributed by atoms with Crippen LogP contribution >= 0.6 is 0 Å². The van der Waals surface area contributed by atoms with Gasteiger partial charge in [-0.1, -0.05) is 6.07 Å². The van der Waals surface area contributed by atoms with Gasteiger partial charge in [-0.2, -0.15) is 4.39 Å². The zero-order valence-electron chi connectivity index (χ0n) is 7.40. The SMILES string of the molecule is [C-]#[N+]C(C)c1cccc([N+](=O)[O-])c1F. The van der Waals surface area contributed by atoms with Crippen LogP contribution in [0.3, 0.4) is 0 Å². The van der Waals surface area contributed by atoms with Crippen molar-refractivity contribution in [3.05, 3.63) is 51.1 Å². The highest BCUT2D eigenvalue weighted by molar-refractivity contribution is 5.38. The summed E-state index contributed by atoms with van der Waals surface area (Å²) in [6.07, 6.45) is 0. The van der Waals surface area contributed by atoms with E-state index in [0.717, 1.165) is 6.07 Å². The third kappa shape index (κ3) is 1.69. The molecule has 0 amide bonds. The van der Waals surface area contributed by atoms with Gasteiger partial charge in [0.25, 0.3) is 0 Å². The minimum atomic E-state index is -0.916. The van der Waals surface area contributed by atoms with E-state index in [4.69, 9.17) is 6.57 Å². The molecule has 1 aromatic carbocycles. The fraction of sp³-hybridized carbons (Fsp3) is 0.222. The molecule has 1 aromatic rings. The van der Waals surface area contributed by atoms with E-state index in [0.29, 0.717) is 0 Å². The summed E-state index contributed by atoms with van der Waals surface area (Å²) in [4.78, 5) is 12.7. The Kier molecular flexibility index (Phi) is 2.77. The summed E-state index contributed by atoms with van der Waals surface area (Å²) in [7, 11) is 0. The Balaban J connectivity index is 3.29. The number of nitrogens with zero attached hydrogens (tertiary/aromatic N) is 2. The summed E-state index contributed by atoms with van der Waals surface area (Å²) in [5.74, 6) is -0.916. The molecule has 0 fully saturated rings. The fourth-order valence-electron chi connectivity index (χ4n) is 1.07. The molecule has 0 N–H and O–H groups in total. The topological polar surface area (TPSA) is 47.5 Å². The highest BCUT2D eigenvalue weighted by Gasteiger charge is 2.22. The summed E-state index contributed by atoms with van der Waals surface area (Å²) in [5, 5.41) is 10.4. The van der Waals surface area contributed by atoms with Crippen LogP contribution in [-0.2, 0) is 0 Å². The predicted molar refractivity (Wildman–Crippen MR) is 48.1 cm³/mol. The number of nitro benzene ring substituents is 1. The zero-order valence-corrected chi connectivity index (χ0v) is 7.40. The second-order valence-electron chi connectivity index (χ2n) is 2.74. The quantitative estimate of drug-likeness (QED) is 0.413. The first-order valence-corrected chi connectivity index (χ1v) is 3.87. The van der Waals surface area contributed by atoms with Gasteiger partial charge in [0.05, 0.1) is 10.5 Å². The van der Waals surface area contributed by atoms with E-state index in [1.807, 2.05) is 0 Å². The molecule has 4 nitrogen and oxygen atoms in total. The van der Waals surface area contributed by atoms with E-state index < -0.39 is 22.5 Å². The lowest BCUT2D eigenvalue weighted by Crippen LogP contribution is -1.98. The van der Waals surface area contributed by atoms with Crippen molar-refractivity contribution in [2.45, 2.75) is 13.0 Å². The first kappa shape index (κ1) is 10.1. The van der Waals surface area contributed by atoms with Crippen LogP contribution in [0.4, 0.5) is 10.1 Å². The third-order valence-corrected chi connectivity index (χ3v) is 1.85. The summed E-state index contributed by atoms with van der Waals surface area (Å²) in [6.45, 7) is 8.20. The van der Waals surface area contributed by atoms with Crippen molar-refractivity contribution in [2.75, 3.05) is 0 Å². The average molecular weight is 194 g/mol.